The monoisotopic (exact) mass is 1530 g/mol. The van der Waals surface area contributed by atoms with Crippen LogP contribution >= 0.6 is 31.9 Å². The van der Waals surface area contributed by atoms with E-state index in [1.54, 1.807) is 37.5 Å². The molecule has 0 unspecified atom stereocenters. The zero-order valence-corrected chi connectivity index (χ0v) is 61.4. The molecule has 4 heterocycles. The molecular formula is C86H80Br2N6O11. The summed E-state index contributed by atoms with van der Waals surface area (Å²) in [6.07, 6.45) is 23.0. The minimum atomic E-state index is -0.331. The molecule has 19 heteroatoms. The van der Waals surface area contributed by atoms with Gasteiger partial charge in [-0.1, -0.05) is 190 Å². The molecular weight excluding hydrogens is 1450 g/mol. The summed E-state index contributed by atoms with van der Waals surface area (Å²) in [7, 11) is 0. The van der Waals surface area contributed by atoms with Crippen molar-refractivity contribution in [2.45, 2.75) is 125 Å². The lowest BCUT2D eigenvalue weighted by Crippen LogP contribution is -2.21. The summed E-state index contributed by atoms with van der Waals surface area (Å²) in [5.74, 6) is 8.57. The van der Waals surface area contributed by atoms with Gasteiger partial charge in [0.1, 0.15) is 6.29 Å². The van der Waals surface area contributed by atoms with E-state index in [0.717, 1.165) is 132 Å². The molecule has 105 heavy (non-hydrogen) atoms. The number of carbonyl (C=O) groups is 4. The largest absolute Gasteiger partial charge is 0.466 e. The van der Waals surface area contributed by atoms with Crippen molar-refractivity contribution in [2.75, 3.05) is 13.2 Å². The number of nitrogens with one attached hydrogen (secondary N) is 1. The Balaban J connectivity index is 0.000000119. The highest BCUT2D eigenvalue weighted by Gasteiger charge is 2.57. The van der Waals surface area contributed by atoms with Gasteiger partial charge in [-0.2, -0.15) is 5.26 Å². The van der Waals surface area contributed by atoms with Crippen molar-refractivity contribution < 1.29 is 51.5 Å². The van der Waals surface area contributed by atoms with E-state index >= 15 is 0 Å². The number of aromatic nitrogens is 4. The van der Waals surface area contributed by atoms with E-state index in [0.29, 0.717) is 48.4 Å². The molecule has 11 aromatic rings. The number of nitriles is 1. The number of benzene rings is 7. The van der Waals surface area contributed by atoms with Crippen molar-refractivity contribution in [3.63, 3.8) is 0 Å². The molecule has 4 aromatic heterocycles. The van der Waals surface area contributed by atoms with Crippen LogP contribution in [-0.2, 0) is 23.9 Å². The number of hydroxylamine groups is 1. The van der Waals surface area contributed by atoms with E-state index in [4.69, 9.17) is 37.6 Å². The summed E-state index contributed by atoms with van der Waals surface area (Å²) in [5.41, 5.74) is 12.1. The summed E-state index contributed by atoms with van der Waals surface area (Å²) >= 11 is 6.67. The second kappa shape index (κ2) is 34.5. The highest BCUT2D eigenvalue weighted by Crippen LogP contribution is 2.62. The number of esters is 2. The standard InChI is InChI=1S/C24H23NO3.C22H20N2O3.C17H17NO3.C12H10BrNO.C7H5BrO.C4H5N/c1-2-27-24(26)22-20(16-6-4-3-5-7-16)21(22)17-10-8-15(9-11-17)19-14-25-23(28-19)18-12-13-18;25-21(24-26)20-18(14-4-2-1-3-5-14)19(20)15-8-6-13(7-9-15)17-12-23-22(27-17)16-10-11-16;1-2-20-16(19)10-5-12-3-6-13(7-4-12)15-11-18-17(21-15)14-8-9-14;13-10-5-3-8(4-6-10)11-7-14-12(15-11)9-1-2-9;8-7-3-1-6(5-9)2-4-7;5-3-4-1-2-4/h3-11,14,18,20-22H,2,12-13H2,1H3;1-9,12,16,18-20,26H,10-11H2,(H,24,25);3-7,10-11,14H,2,8-9H2,1H3;3-7,9H,1-2H2;1-5H;4H,1-2H2/b;;10-5+;;;/t20-,21-,22-;18-,19-,20-;;;;/m11..../s1. The molecule has 1 amide bonds. The summed E-state index contributed by atoms with van der Waals surface area (Å²) in [4.78, 5) is 63.3. The first-order valence-corrected chi connectivity index (χ1v) is 37.5. The van der Waals surface area contributed by atoms with Crippen LogP contribution in [0.4, 0.5) is 0 Å². The lowest BCUT2D eigenvalue weighted by molar-refractivity contribution is -0.145. The van der Waals surface area contributed by atoms with Gasteiger partial charge >= 0.3 is 11.9 Å². The molecule has 7 aliphatic rings. The Bertz CT molecular complexity index is 4760. The SMILES string of the molecule is Brc1ccc(-c2cnc(C3CC3)o2)cc1.CCOC(=O)/C=C/c1ccc(-c2cnc(C3CC3)o2)cc1.CCOC(=O)[C@@H]1[C@H](c2ccccc2)[C@H]1c1ccc(-c2cnc(C3CC3)o2)cc1.N#CC1CC1.O=C(NO)[C@@H]1[C@H](c2ccccc2)[C@H]1c1ccc(-c2cnc(C3CC3)o2)cc1.O=Cc1ccc(Br)cc1. The number of ether oxygens (including phenoxy) is 2. The second-order valence-corrected chi connectivity index (χ2v) is 28.9. The first-order valence-electron chi connectivity index (χ1n) is 35.9. The molecule has 0 saturated heterocycles. The third-order valence-corrected chi connectivity index (χ3v) is 20.2. The van der Waals surface area contributed by atoms with Crippen LogP contribution in [0, 0.1) is 29.1 Å². The number of hydrogen-bond donors (Lipinski definition) is 2. The van der Waals surface area contributed by atoms with Crippen LogP contribution in [0.1, 0.15) is 187 Å². The molecule has 6 atom stereocenters. The van der Waals surface area contributed by atoms with Gasteiger partial charge in [0.2, 0.25) is 5.91 Å². The third kappa shape index (κ3) is 19.7. The van der Waals surface area contributed by atoms with Crippen LogP contribution in [0.2, 0.25) is 0 Å². The van der Waals surface area contributed by atoms with Crippen molar-refractivity contribution in [3.8, 4) is 51.4 Å². The van der Waals surface area contributed by atoms with E-state index in [2.05, 4.69) is 94.3 Å². The quantitative estimate of drug-likeness (QED) is 0.0251. The lowest BCUT2D eigenvalue weighted by Gasteiger charge is -2.03. The number of hydrogen-bond acceptors (Lipinski definition) is 16. The van der Waals surface area contributed by atoms with Gasteiger partial charge in [-0.25, -0.2) is 30.2 Å². The number of rotatable bonds is 19. The van der Waals surface area contributed by atoms with Gasteiger partial charge in [0.25, 0.3) is 0 Å². The number of aldehydes is 1. The predicted molar refractivity (Wildman–Crippen MR) is 404 cm³/mol. The summed E-state index contributed by atoms with van der Waals surface area (Å²) in [5, 5.41) is 17.1. The van der Waals surface area contributed by atoms with Crippen LogP contribution in [-0.4, -0.2) is 62.5 Å². The molecule has 17 nitrogen and oxygen atoms in total. The zero-order valence-electron chi connectivity index (χ0n) is 58.2. The first kappa shape index (κ1) is 72.9. The fourth-order valence-corrected chi connectivity index (χ4v) is 13.1. The van der Waals surface area contributed by atoms with E-state index in [1.165, 1.54) is 50.2 Å². The molecule has 7 fully saturated rings. The number of oxazole rings is 4. The number of carbonyl (C=O) groups excluding carboxylic acids is 4. The molecule has 0 spiro atoms. The first-order chi connectivity index (χ1) is 51.4. The molecule has 534 valence electrons. The Morgan fingerprint density at radius 3 is 1.12 bits per heavy atom. The van der Waals surface area contributed by atoms with Crippen LogP contribution in [0.25, 0.3) is 51.4 Å². The number of nitrogens with zero attached hydrogens (tertiary/aromatic N) is 5. The lowest BCUT2D eigenvalue weighted by atomic mass is 10.0. The fraction of sp³-hybridized carbons (Fsp3) is 0.291. The van der Waals surface area contributed by atoms with Gasteiger partial charge in [-0.3, -0.25) is 19.6 Å². The molecule has 0 bridgehead atoms. The van der Waals surface area contributed by atoms with Crippen molar-refractivity contribution in [1.29, 1.82) is 5.26 Å². The summed E-state index contributed by atoms with van der Waals surface area (Å²) < 4.78 is 35.5. The Kier molecular flexibility index (Phi) is 23.9. The van der Waals surface area contributed by atoms with E-state index in [9.17, 15) is 19.2 Å². The Labute approximate surface area is 626 Å². The molecule has 0 aliphatic heterocycles. The Hall–Kier alpha value is -10.4. The average Bonchev–Trinajstić information content (AvgIpc) is 1.58. The smallest absolute Gasteiger partial charge is 0.330 e. The summed E-state index contributed by atoms with van der Waals surface area (Å²) in [6.45, 7) is 4.44. The van der Waals surface area contributed by atoms with Gasteiger partial charge < -0.3 is 27.1 Å². The maximum atomic E-state index is 12.5. The highest BCUT2D eigenvalue weighted by molar-refractivity contribution is 9.10. The molecule has 18 rings (SSSR count). The highest BCUT2D eigenvalue weighted by atomic mass is 79.9. The molecule has 7 aromatic carbocycles. The fourth-order valence-electron chi connectivity index (χ4n) is 12.5. The van der Waals surface area contributed by atoms with Gasteiger partial charge in [0.15, 0.2) is 46.6 Å². The Morgan fingerprint density at radius 2 is 0.800 bits per heavy atom. The van der Waals surface area contributed by atoms with Crippen molar-refractivity contribution in [2.24, 2.45) is 17.8 Å². The van der Waals surface area contributed by atoms with Crippen molar-refractivity contribution in [1.82, 2.24) is 25.4 Å². The van der Waals surface area contributed by atoms with E-state index in [-0.39, 0.29) is 53.4 Å². The van der Waals surface area contributed by atoms with Crippen LogP contribution in [0.15, 0.2) is 239 Å². The normalized spacial score (nSPS) is 19.3. The van der Waals surface area contributed by atoms with E-state index in [1.807, 2.05) is 158 Å². The maximum Gasteiger partial charge on any atom is 0.330 e. The maximum absolute atomic E-state index is 12.5. The average molecular weight is 1530 g/mol. The molecule has 2 N–H and O–H groups in total. The molecule has 0 radical (unpaired) electrons. The third-order valence-electron chi connectivity index (χ3n) is 19.1. The zero-order chi connectivity index (χ0) is 72.8. The van der Waals surface area contributed by atoms with Gasteiger partial charge in [-0.05, 0) is 136 Å². The van der Waals surface area contributed by atoms with E-state index < -0.39 is 0 Å². The van der Waals surface area contributed by atoms with Crippen LogP contribution in [0.5, 0.6) is 0 Å². The topological polar surface area (TPSA) is 247 Å². The van der Waals surface area contributed by atoms with Crippen LogP contribution in [0.3, 0.4) is 0 Å². The minimum Gasteiger partial charge on any atom is -0.466 e. The predicted octanol–water partition coefficient (Wildman–Crippen LogP) is 20.5. The second-order valence-electron chi connectivity index (χ2n) is 27.1. The number of halogens is 2. The van der Waals surface area contributed by atoms with Crippen LogP contribution < -0.4 is 5.48 Å². The number of amides is 1. The van der Waals surface area contributed by atoms with Gasteiger partial charge in [0.05, 0.1) is 55.9 Å². The van der Waals surface area contributed by atoms with Crippen molar-refractivity contribution >= 4 is 62.1 Å². The van der Waals surface area contributed by atoms with Gasteiger partial charge in [0, 0.05) is 96.1 Å². The molecule has 7 saturated carbocycles. The van der Waals surface area contributed by atoms with Gasteiger partial charge in [-0.15, -0.1) is 0 Å². The van der Waals surface area contributed by atoms with Crippen molar-refractivity contribution in [3.05, 3.63) is 279 Å². The molecule has 7 aliphatic carbocycles. The summed E-state index contributed by atoms with van der Waals surface area (Å²) in [6, 6.07) is 61.9. The minimum absolute atomic E-state index is 0.0605. The Morgan fingerprint density at radius 1 is 0.467 bits per heavy atom.